The fraction of sp³-hybridized carbons (Fsp3) is 0.360. The Morgan fingerprint density at radius 3 is 2.67 bits per heavy atom. The second kappa shape index (κ2) is 10.8. The van der Waals surface area contributed by atoms with Gasteiger partial charge in [-0.2, -0.15) is 0 Å². The van der Waals surface area contributed by atoms with Crippen LogP contribution in [0.25, 0.3) is 11.0 Å². The Balaban J connectivity index is 2.06. The third-order valence-electron chi connectivity index (χ3n) is 5.28. The van der Waals surface area contributed by atoms with Gasteiger partial charge in [0.2, 0.25) is 0 Å². The Morgan fingerprint density at radius 1 is 1.17 bits per heavy atom. The molecule has 0 bridgehead atoms. The highest BCUT2D eigenvalue weighted by Crippen LogP contribution is 2.19. The zero-order chi connectivity index (χ0) is 21.5. The maximum absolute atomic E-state index is 13.4. The number of halogens is 1. The van der Waals surface area contributed by atoms with Gasteiger partial charge in [0, 0.05) is 22.1 Å². The molecular formula is C25H31IN3O+. The number of hydrogen-bond donors (Lipinski definition) is 0. The van der Waals surface area contributed by atoms with Crippen LogP contribution in [0, 0.1) is 3.57 Å². The monoisotopic (exact) mass is 516 g/mol. The van der Waals surface area contributed by atoms with Crippen molar-refractivity contribution in [3.8, 4) is 0 Å². The average molecular weight is 516 g/mol. The summed E-state index contributed by atoms with van der Waals surface area (Å²) in [6.07, 6.45) is 4.84. The topological polar surface area (TPSA) is 29.1 Å². The molecule has 0 atom stereocenters. The fourth-order valence-corrected chi connectivity index (χ4v) is 4.50. The zero-order valence-corrected chi connectivity index (χ0v) is 20.1. The highest BCUT2D eigenvalue weighted by atomic mass is 127. The molecule has 1 aromatic heterocycles. The summed E-state index contributed by atoms with van der Waals surface area (Å²) in [5.74, 6) is 1.28. The summed E-state index contributed by atoms with van der Waals surface area (Å²) in [6, 6.07) is 16.4. The van der Waals surface area contributed by atoms with Gasteiger partial charge in [0.15, 0.2) is 11.0 Å². The number of fused-ring (bicyclic) bond motifs is 1. The number of aromatic nitrogens is 2. The van der Waals surface area contributed by atoms with Crippen LogP contribution >= 0.6 is 22.6 Å². The highest BCUT2D eigenvalue weighted by Gasteiger charge is 2.28. The minimum Gasteiger partial charge on any atom is -0.327 e. The minimum absolute atomic E-state index is 0.0962. The first kappa shape index (κ1) is 22.5. The number of aryl methyl sites for hydroxylation is 2. The second-order valence-electron chi connectivity index (χ2n) is 7.52. The summed E-state index contributed by atoms with van der Waals surface area (Å²) < 4.78 is 5.84. The van der Waals surface area contributed by atoms with Crippen molar-refractivity contribution in [2.45, 2.75) is 52.7 Å². The van der Waals surface area contributed by atoms with Crippen molar-refractivity contribution in [1.29, 1.82) is 0 Å². The van der Waals surface area contributed by atoms with Crippen molar-refractivity contribution in [3.05, 3.63) is 76.1 Å². The van der Waals surface area contributed by atoms with E-state index in [1.807, 2.05) is 35.2 Å². The quantitative estimate of drug-likeness (QED) is 0.197. The van der Waals surface area contributed by atoms with Crippen LogP contribution in [0.4, 0.5) is 0 Å². The lowest BCUT2D eigenvalue weighted by atomic mass is 10.2. The third kappa shape index (κ3) is 4.94. The predicted molar refractivity (Wildman–Crippen MR) is 131 cm³/mol. The molecule has 0 aliphatic rings. The van der Waals surface area contributed by atoms with Gasteiger partial charge in [-0.1, -0.05) is 38.1 Å². The van der Waals surface area contributed by atoms with Crippen LogP contribution in [0.2, 0.25) is 0 Å². The van der Waals surface area contributed by atoms with E-state index >= 15 is 0 Å². The molecule has 1 amide bonds. The molecule has 0 fully saturated rings. The van der Waals surface area contributed by atoms with E-state index in [9.17, 15) is 4.79 Å². The highest BCUT2D eigenvalue weighted by molar-refractivity contribution is 14.1. The van der Waals surface area contributed by atoms with Gasteiger partial charge >= 0.3 is 0 Å². The molecule has 0 saturated carbocycles. The molecule has 0 N–H and O–H groups in total. The van der Waals surface area contributed by atoms with E-state index < -0.39 is 0 Å². The van der Waals surface area contributed by atoms with Crippen molar-refractivity contribution in [3.63, 3.8) is 0 Å². The Kier molecular flexibility index (Phi) is 8.08. The van der Waals surface area contributed by atoms with E-state index in [-0.39, 0.29) is 5.91 Å². The SMILES string of the molecule is C=CCCn1c(CN(CCC)C(=O)c2cccc(I)c2)[n+](CCC)c2ccccc21. The van der Waals surface area contributed by atoms with E-state index in [0.29, 0.717) is 6.54 Å². The molecule has 30 heavy (non-hydrogen) atoms. The molecule has 2 aromatic carbocycles. The molecule has 0 unspecified atom stereocenters. The smallest absolute Gasteiger partial charge is 0.277 e. The molecule has 1 heterocycles. The van der Waals surface area contributed by atoms with Gasteiger partial charge < -0.3 is 4.90 Å². The summed E-state index contributed by atoms with van der Waals surface area (Å²) in [5, 5.41) is 0. The van der Waals surface area contributed by atoms with Gasteiger partial charge in [-0.3, -0.25) is 4.79 Å². The van der Waals surface area contributed by atoms with Crippen LogP contribution in [0.5, 0.6) is 0 Å². The van der Waals surface area contributed by atoms with Crippen LogP contribution < -0.4 is 4.57 Å². The number of carbonyl (C=O) groups excluding carboxylic acids is 1. The first-order valence-electron chi connectivity index (χ1n) is 10.8. The average Bonchev–Trinajstić information content (AvgIpc) is 3.04. The van der Waals surface area contributed by atoms with Crippen LogP contribution in [0.3, 0.4) is 0 Å². The van der Waals surface area contributed by atoms with Gasteiger partial charge in [-0.05, 0) is 65.8 Å². The summed E-state index contributed by atoms with van der Waals surface area (Å²) in [6.45, 7) is 11.4. The Hall–Kier alpha value is -2.15. The number of benzene rings is 2. The number of para-hydroxylation sites is 2. The molecule has 3 rings (SSSR count). The van der Waals surface area contributed by atoms with E-state index in [1.165, 1.54) is 16.9 Å². The van der Waals surface area contributed by atoms with Crippen LogP contribution in [0.1, 0.15) is 49.3 Å². The van der Waals surface area contributed by atoms with Gasteiger partial charge in [-0.25, -0.2) is 9.13 Å². The van der Waals surface area contributed by atoms with Crippen molar-refractivity contribution in [2.75, 3.05) is 6.54 Å². The molecular weight excluding hydrogens is 485 g/mol. The summed E-state index contributed by atoms with van der Waals surface area (Å²) >= 11 is 2.26. The lowest BCUT2D eigenvalue weighted by molar-refractivity contribution is -0.680. The van der Waals surface area contributed by atoms with Crippen LogP contribution in [0.15, 0.2) is 61.2 Å². The molecule has 0 radical (unpaired) electrons. The molecule has 4 nitrogen and oxygen atoms in total. The second-order valence-corrected chi connectivity index (χ2v) is 8.77. The van der Waals surface area contributed by atoms with E-state index in [0.717, 1.165) is 48.0 Å². The number of nitrogens with zero attached hydrogens (tertiary/aromatic N) is 3. The van der Waals surface area contributed by atoms with Crippen molar-refractivity contribution in [2.24, 2.45) is 0 Å². The molecule has 0 aliphatic carbocycles. The molecule has 5 heteroatoms. The Labute approximate surface area is 193 Å². The molecule has 158 valence electrons. The van der Waals surface area contributed by atoms with Gasteiger partial charge in [0.25, 0.3) is 11.7 Å². The van der Waals surface area contributed by atoms with Gasteiger partial charge in [0.05, 0.1) is 13.1 Å². The van der Waals surface area contributed by atoms with Gasteiger partial charge in [-0.15, -0.1) is 6.58 Å². The number of hydrogen-bond acceptors (Lipinski definition) is 1. The number of amides is 1. The third-order valence-corrected chi connectivity index (χ3v) is 5.95. The fourth-order valence-electron chi connectivity index (χ4n) is 3.96. The standard InChI is InChI=1S/C25H31IN3O/c1-4-7-17-29-23-14-9-8-13-22(23)28(16-6-3)24(29)19-27(15-5-2)25(30)20-11-10-12-21(26)18-20/h4,8-14,18H,1,5-7,15-17,19H2,2-3H3/q+1. The number of rotatable bonds is 10. The van der Waals surface area contributed by atoms with Crippen molar-refractivity contribution >= 4 is 39.5 Å². The largest absolute Gasteiger partial charge is 0.327 e. The predicted octanol–water partition coefficient (Wildman–Crippen LogP) is 5.57. The lowest BCUT2D eigenvalue weighted by Crippen LogP contribution is -2.43. The number of allylic oxidation sites excluding steroid dienone is 1. The maximum atomic E-state index is 13.4. The first-order valence-corrected chi connectivity index (χ1v) is 11.8. The molecule has 0 aliphatic heterocycles. The van der Waals surface area contributed by atoms with Crippen molar-refractivity contribution in [1.82, 2.24) is 9.47 Å². The molecule has 3 aromatic rings. The van der Waals surface area contributed by atoms with E-state index in [4.69, 9.17) is 0 Å². The van der Waals surface area contributed by atoms with Crippen LogP contribution in [-0.2, 0) is 19.6 Å². The molecule has 0 spiro atoms. The summed E-state index contributed by atoms with van der Waals surface area (Å²) in [4.78, 5) is 15.4. The number of imidazole rings is 1. The maximum Gasteiger partial charge on any atom is 0.277 e. The first-order chi connectivity index (χ1) is 14.6. The molecule has 0 saturated heterocycles. The zero-order valence-electron chi connectivity index (χ0n) is 18.0. The minimum atomic E-state index is 0.0962. The Morgan fingerprint density at radius 2 is 1.97 bits per heavy atom. The number of carbonyl (C=O) groups is 1. The van der Waals surface area contributed by atoms with E-state index in [1.54, 1.807) is 0 Å². The summed E-state index contributed by atoms with van der Waals surface area (Å²) in [5.41, 5.74) is 3.21. The summed E-state index contributed by atoms with van der Waals surface area (Å²) in [7, 11) is 0. The Bertz CT molecular complexity index is 1020. The van der Waals surface area contributed by atoms with E-state index in [2.05, 4.69) is 76.4 Å². The van der Waals surface area contributed by atoms with Gasteiger partial charge in [0.1, 0.15) is 6.54 Å². The van der Waals surface area contributed by atoms with Crippen LogP contribution in [-0.4, -0.2) is 21.9 Å². The van der Waals surface area contributed by atoms with Crippen molar-refractivity contribution < 1.29 is 9.36 Å². The normalized spacial score (nSPS) is 11.0. The lowest BCUT2D eigenvalue weighted by Gasteiger charge is -2.21.